The number of nitrogens with zero attached hydrogens (tertiary/aromatic N) is 1. The van der Waals surface area contributed by atoms with Crippen LogP contribution in [0, 0.1) is 0 Å². The molecule has 1 fully saturated rings. The molecule has 2 amide bonds. The molecule has 2 N–H and O–H groups in total. The molecule has 0 bridgehead atoms. The van der Waals surface area contributed by atoms with E-state index in [1.54, 1.807) is 18.2 Å². The van der Waals surface area contributed by atoms with Crippen molar-refractivity contribution in [1.82, 2.24) is 10.2 Å². The van der Waals surface area contributed by atoms with Gasteiger partial charge in [-0.25, -0.2) is 4.79 Å². The number of nitrogens with one attached hydrogen (secondary N) is 1. The van der Waals surface area contributed by atoms with Crippen molar-refractivity contribution in [1.29, 1.82) is 0 Å². The van der Waals surface area contributed by atoms with Gasteiger partial charge >= 0.3 is 5.97 Å². The fourth-order valence-corrected chi connectivity index (χ4v) is 4.79. The number of β-lactam (4-membered cyclic amide) rings is 1. The van der Waals surface area contributed by atoms with Crippen LogP contribution in [0.2, 0.25) is 0 Å². The minimum absolute atomic E-state index is 0.0505. The van der Waals surface area contributed by atoms with Gasteiger partial charge in [-0.15, -0.1) is 11.8 Å². The second-order valence-electron chi connectivity index (χ2n) is 5.45. The van der Waals surface area contributed by atoms with E-state index in [0.29, 0.717) is 16.7 Å². The van der Waals surface area contributed by atoms with E-state index < -0.39 is 35.0 Å². The molecular weight excluding hydrogens is 412 g/mol. The molecule has 1 saturated heterocycles. The average molecular weight is 425 g/mol. The van der Waals surface area contributed by atoms with E-state index in [2.05, 4.69) is 21.2 Å². The summed E-state index contributed by atoms with van der Waals surface area (Å²) in [7, 11) is 0. The van der Waals surface area contributed by atoms with Gasteiger partial charge < -0.3 is 10.4 Å². The highest BCUT2D eigenvalue weighted by Gasteiger charge is 2.54. The number of fused-ring (bicyclic) bond motifs is 1. The van der Waals surface area contributed by atoms with Crippen molar-refractivity contribution in [2.75, 3.05) is 11.1 Å². The van der Waals surface area contributed by atoms with E-state index in [1.165, 1.54) is 28.8 Å². The normalized spacial score (nSPS) is 22.1. The number of aliphatic carboxylic acids is 1. The van der Waals surface area contributed by atoms with Crippen LogP contribution in [0.1, 0.15) is 10.4 Å². The Labute approximate surface area is 155 Å². The maximum absolute atomic E-state index is 12.3. The lowest BCUT2D eigenvalue weighted by Gasteiger charge is -2.49. The Morgan fingerprint density at radius 3 is 2.56 bits per heavy atom. The lowest BCUT2D eigenvalue weighted by atomic mass is 10.0. The molecule has 3 rings (SSSR count). The number of carboxylic acids is 1. The van der Waals surface area contributed by atoms with Crippen LogP contribution < -0.4 is 5.32 Å². The maximum atomic E-state index is 12.3. The largest absolute Gasteiger partial charge is 0.477 e. The Balaban J connectivity index is 1.74. The number of carbonyl (C=O) groups excluding carboxylic acids is 3. The molecule has 0 aromatic heterocycles. The molecule has 9 heteroatoms. The number of rotatable bonds is 5. The molecule has 2 heterocycles. The third-order valence-corrected chi connectivity index (χ3v) is 5.96. The van der Waals surface area contributed by atoms with Gasteiger partial charge in [0, 0.05) is 16.6 Å². The number of carboxylic acid groups (broad SMARTS) is 1. The molecule has 0 aliphatic carbocycles. The molecule has 2 aliphatic rings. The minimum atomic E-state index is -1.18. The van der Waals surface area contributed by atoms with Gasteiger partial charge in [-0.2, -0.15) is 0 Å². The number of hydrogen-bond acceptors (Lipinski definition) is 5. The zero-order valence-electron chi connectivity index (χ0n) is 12.8. The second kappa shape index (κ2) is 7.01. The Kier molecular flexibility index (Phi) is 4.96. The fraction of sp³-hybridized carbons (Fsp3) is 0.250. The van der Waals surface area contributed by atoms with E-state index in [1.807, 2.05) is 0 Å². The summed E-state index contributed by atoms with van der Waals surface area (Å²) in [6, 6.07) is 7.12. The van der Waals surface area contributed by atoms with Crippen LogP contribution in [-0.4, -0.2) is 56.1 Å². The first-order chi connectivity index (χ1) is 12.0. The molecule has 0 radical (unpaired) electrons. The summed E-state index contributed by atoms with van der Waals surface area (Å²) in [6.07, 6.45) is 0. The van der Waals surface area contributed by atoms with Crippen molar-refractivity contribution < 1.29 is 24.3 Å². The number of carbonyl (C=O) groups is 4. The molecule has 2 atom stereocenters. The van der Waals surface area contributed by atoms with Crippen molar-refractivity contribution in [3.8, 4) is 0 Å². The minimum Gasteiger partial charge on any atom is -0.477 e. The number of ketones is 1. The Bertz CT molecular complexity index is 795. The molecule has 7 nitrogen and oxygen atoms in total. The third kappa shape index (κ3) is 3.09. The van der Waals surface area contributed by atoms with E-state index in [9.17, 15) is 24.3 Å². The highest BCUT2D eigenvalue weighted by Crippen LogP contribution is 2.40. The van der Waals surface area contributed by atoms with Crippen LogP contribution in [0.15, 0.2) is 41.6 Å². The quantitative estimate of drug-likeness (QED) is 0.316. The first-order valence-electron chi connectivity index (χ1n) is 7.32. The van der Waals surface area contributed by atoms with Gasteiger partial charge in [0.25, 0.3) is 11.8 Å². The maximum Gasteiger partial charge on any atom is 0.352 e. The molecular formula is C16H13BrN2O5S. The van der Waals surface area contributed by atoms with Gasteiger partial charge in [0.15, 0.2) is 0 Å². The van der Waals surface area contributed by atoms with Crippen LogP contribution in [0.3, 0.4) is 0 Å². The van der Waals surface area contributed by atoms with Gasteiger partial charge in [0.2, 0.25) is 5.78 Å². The van der Waals surface area contributed by atoms with Crippen LogP contribution in [0.4, 0.5) is 0 Å². The van der Waals surface area contributed by atoms with Gasteiger partial charge in [0.05, 0.1) is 0 Å². The van der Waals surface area contributed by atoms with Crippen LogP contribution in [0.5, 0.6) is 0 Å². The summed E-state index contributed by atoms with van der Waals surface area (Å²) in [5, 5.41) is 11.6. The van der Waals surface area contributed by atoms with Gasteiger partial charge in [-0.3, -0.25) is 19.3 Å². The number of alkyl halides is 1. The van der Waals surface area contributed by atoms with E-state index in [4.69, 9.17) is 0 Å². The number of halogens is 1. The highest BCUT2D eigenvalue weighted by atomic mass is 79.9. The molecule has 1 aromatic carbocycles. The first kappa shape index (κ1) is 17.7. The van der Waals surface area contributed by atoms with Crippen molar-refractivity contribution in [3.63, 3.8) is 0 Å². The van der Waals surface area contributed by atoms with E-state index in [0.717, 1.165) is 0 Å². The number of hydrogen-bond donors (Lipinski definition) is 2. The molecule has 1 aromatic rings. The van der Waals surface area contributed by atoms with E-state index in [-0.39, 0.29) is 11.3 Å². The third-order valence-electron chi connectivity index (χ3n) is 3.94. The van der Waals surface area contributed by atoms with Crippen LogP contribution >= 0.6 is 27.7 Å². The zero-order chi connectivity index (χ0) is 18.1. The van der Waals surface area contributed by atoms with E-state index >= 15 is 0 Å². The topological polar surface area (TPSA) is 104 Å². The summed E-state index contributed by atoms with van der Waals surface area (Å²) < 4.78 is 0. The van der Waals surface area contributed by atoms with Crippen molar-refractivity contribution in [3.05, 3.63) is 47.2 Å². The van der Waals surface area contributed by atoms with Crippen molar-refractivity contribution in [2.45, 2.75) is 11.4 Å². The molecule has 25 heavy (non-hydrogen) atoms. The first-order valence-corrected chi connectivity index (χ1v) is 9.49. The predicted molar refractivity (Wildman–Crippen MR) is 94.3 cm³/mol. The summed E-state index contributed by atoms with van der Waals surface area (Å²) in [6.45, 7) is 0. The fourth-order valence-electron chi connectivity index (χ4n) is 2.71. The Morgan fingerprint density at radius 2 is 1.96 bits per heavy atom. The van der Waals surface area contributed by atoms with Crippen molar-refractivity contribution in [2.24, 2.45) is 0 Å². The Morgan fingerprint density at radius 1 is 1.28 bits per heavy atom. The number of thioether (sulfide) groups is 1. The summed E-state index contributed by atoms with van der Waals surface area (Å²) in [5.41, 5.74) is 0.783. The lowest BCUT2D eigenvalue weighted by Crippen LogP contribution is -2.71. The molecule has 0 spiro atoms. The smallest absolute Gasteiger partial charge is 0.352 e. The lowest BCUT2D eigenvalue weighted by molar-refractivity contribution is -0.150. The van der Waals surface area contributed by atoms with Crippen LogP contribution in [-0.2, 0) is 14.4 Å². The van der Waals surface area contributed by atoms with Crippen molar-refractivity contribution >= 4 is 51.3 Å². The summed E-state index contributed by atoms with van der Waals surface area (Å²) in [5.74, 6) is -2.89. The Hall–Kier alpha value is -2.13. The predicted octanol–water partition coefficient (Wildman–Crippen LogP) is 1.00. The standard InChI is InChI=1S/C16H13BrN2O5S/c17-6-9-7-25-15-10(14(22)19(15)11(9)16(23)24)18-13(21)12(20)8-4-2-1-3-5-8/h1-5,10,15H,6-7H2,(H,18,21)(H,23,24)/t10-,15-/m1/s1. The van der Waals surface area contributed by atoms with Gasteiger partial charge in [0.1, 0.15) is 17.1 Å². The molecule has 0 saturated carbocycles. The van der Waals surface area contributed by atoms with Gasteiger partial charge in [-0.1, -0.05) is 46.3 Å². The SMILES string of the molecule is O=C(O)C1=C(CBr)CS[C@@H]2[C@H](NC(=O)C(=O)c3ccccc3)C(=O)N12. The highest BCUT2D eigenvalue weighted by molar-refractivity contribution is 9.09. The monoisotopic (exact) mass is 424 g/mol. The van der Waals surface area contributed by atoms with Gasteiger partial charge in [-0.05, 0) is 5.57 Å². The summed E-state index contributed by atoms with van der Waals surface area (Å²) >= 11 is 4.58. The molecule has 0 unspecified atom stereocenters. The second-order valence-corrected chi connectivity index (χ2v) is 7.11. The van der Waals surface area contributed by atoms with Crippen LogP contribution in [0.25, 0.3) is 0 Å². The number of Topliss-reactive ketones (excluding diaryl/α,β-unsaturated/α-hetero) is 1. The average Bonchev–Trinajstić information content (AvgIpc) is 2.64. The number of amides is 2. The number of benzene rings is 1. The molecule has 2 aliphatic heterocycles. The zero-order valence-corrected chi connectivity index (χ0v) is 15.2. The molecule has 130 valence electrons. The summed E-state index contributed by atoms with van der Waals surface area (Å²) in [4.78, 5) is 49.2.